The maximum Gasteiger partial charge on any atom is 0.416 e. The van der Waals surface area contributed by atoms with Gasteiger partial charge in [0.2, 0.25) is 0 Å². The summed E-state index contributed by atoms with van der Waals surface area (Å²) in [7, 11) is 0. The fourth-order valence-corrected chi connectivity index (χ4v) is 2.37. The molecule has 2 aromatic carbocycles. The minimum absolute atomic E-state index is 0.0670. The number of aromatic nitrogens is 1. The van der Waals surface area contributed by atoms with E-state index in [-0.39, 0.29) is 27.7 Å². The van der Waals surface area contributed by atoms with Crippen molar-refractivity contribution < 1.29 is 22.5 Å². The topological polar surface area (TPSA) is 55.1 Å². The van der Waals surface area contributed by atoms with Crippen LogP contribution >= 0.6 is 11.6 Å². The Morgan fingerprint density at radius 2 is 1.84 bits per heavy atom. The van der Waals surface area contributed by atoms with E-state index in [1.807, 2.05) is 0 Å². The SMILES string of the molecule is O=C(Nc1cc(-c2cccc(C(F)(F)F)c2)on1)c1ccccc1Cl. The molecule has 3 rings (SSSR count). The molecule has 0 radical (unpaired) electrons. The first kappa shape index (κ1) is 17.0. The largest absolute Gasteiger partial charge is 0.416 e. The van der Waals surface area contributed by atoms with Crippen LogP contribution in [-0.2, 0) is 6.18 Å². The Morgan fingerprint density at radius 3 is 2.56 bits per heavy atom. The summed E-state index contributed by atoms with van der Waals surface area (Å²) in [4.78, 5) is 12.1. The summed E-state index contributed by atoms with van der Waals surface area (Å²) in [6, 6.07) is 12.4. The van der Waals surface area contributed by atoms with Crippen LogP contribution in [0.5, 0.6) is 0 Å². The number of hydrogen-bond donors (Lipinski definition) is 1. The molecule has 1 N–H and O–H groups in total. The molecular formula is C17H10ClF3N2O2. The molecule has 0 saturated carbocycles. The first-order valence-electron chi connectivity index (χ1n) is 7.05. The van der Waals surface area contributed by atoms with Gasteiger partial charge in [0.1, 0.15) is 0 Å². The fraction of sp³-hybridized carbons (Fsp3) is 0.0588. The third-order valence-corrected chi connectivity index (χ3v) is 3.67. The molecule has 4 nitrogen and oxygen atoms in total. The second-order valence-corrected chi connectivity index (χ2v) is 5.50. The Kier molecular flexibility index (Phi) is 4.50. The molecule has 0 aliphatic rings. The van der Waals surface area contributed by atoms with E-state index in [9.17, 15) is 18.0 Å². The van der Waals surface area contributed by atoms with Gasteiger partial charge in [0.25, 0.3) is 5.91 Å². The molecule has 1 aromatic heterocycles. The highest BCUT2D eigenvalue weighted by Gasteiger charge is 2.30. The molecule has 0 atom stereocenters. The van der Waals surface area contributed by atoms with Crippen molar-refractivity contribution in [2.75, 3.05) is 5.32 Å². The lowest BCUT2D eigenvalue weighted by Gasteiger charge is -2.06. The van der Waals surface area contributed by atoms with E-state index in [1.165, 1.54) is 24.3 Å². The van der Waals surface area contributed by atoms with Gasteiger partial charge >= 0.3 is 6.18 Å². The minimum Gasteiger partial charge on any atom is -0.354 e. The van der Waals surface area contributed by atoms with E-state index in [1.54, 1.807) is 18.2 Å². The number of carbonyl (C=O) groups is 1. The van der Waals surface area contributed by atoms with Crippen LogP contribution in [0.3, 0.4) is 0 Å². The number of amides is 1. The van der Waals surface area contributed by atoms with Gasteiger partial charge in [0.05, 0.1) is 16.1 Å². The van der Waals surface area contributed by atoms with Gasteiger partial charge in [-0.15, -0.1) is 0 Å². The van der Waals surface area contributed by atoms with E-state index in [4.69, 9.17) is 16.1 Å². The van der Waals surface area contributed by atoms with Crippen LogP contribution in [0.4, 0.5) is 19.0 Å². The van der Waals surface area contributed by atoms with Crippen LogP contribution in [0, 0.1) is 0 Å². The second kappa shape index (κ2) is 6.60. The molecule has 0 fully saturated rings. The third kappa shape index (κ3) is 3.83. The highest BCUT2D eigenvalue weighted by atomic mass is 35.5. The monoisotopic (exact) mass is 366 g/mol. The fourth-order valence-electron chi connectivity index (χ4n) is 2.15. The Hall–Kier alpha value is -2.80. The van der Waals surface area contributed by atoms with Crippen molar-refractivity contribution in [2.45, 2.75) is 6.18 Å². The van der Waals surface area contributed by atoms with E-state index in [0.29, 0.717) is 0 Å². The number of anilines is 1. The van der Waals surface area contributed by atoms with Gasteiger partial charge in [-0.05, 0) is 24.3 Å². The lowest BCUT2D eigenvalue weighted by molar-refractivity contribution is -0.137. The summed E-state index contributed by atoms with van der Waals surface area (Å²) in [5, 5.41) is 6.40. The van der Waals surface area contributed by atoms with Gasteiger partial charge in [-0.2, -0.15) is 13.2 Å². The normalized spacial score (nSPS) is 11.4. The van der Waals surface area contributed by atoms with Gasteiger partial charge in [-0.1, -0.05) is 41.0 Å². The molecule has 1 amide bonds. The van der Waals surface area contributed by atoms with Crippen molar-refractivity contribution in [1.82, 2.24) is 5.16 Å². The molecule has 0 aliphatic heterocycles. The van der Waals surface area contributed by atoms with Crippen LogP contribution in [0.1, 0.15) is 15.9 Å². The Bertz CT molecular complexity index is 922. The summed E-state index contributed by atoms with van der Waals surface area (Å²) in [6.07, 6.45) is -4.46. The molecule has 0 unspecified atom stereocenters. The molecule has 0 saturated heterocycles. The highest BCUT2D eigenvalue weighted by Crippen LogP contribution is 2.32. The predicted molar refractivity (Wildman–Crippen MR) is 86.3 cm³/mol. The predicted octanol–water partition coefficient (Wildman–Crippen LogP) is 5.27. The number of halogens is 4. The summed E-state index contributed by atoms with van der Waals surface area (Å²) >= 11 is 5.94. The van der Waals surface area contributed by atoms with Crippen molar-refractivity contribution in [3.8, 4) is 11.3 Å². The molecule has 0 bridgehead atoms. The standard InChI is InChI=1S/C17H10ClF3N2O2/c18-13-7-2-1-6-12(13)16(24)22-15-9-14(25-23-15)10-4-3-5-11(8-10)17(19,20)21/h1-9H,(H,22,23,24). The molecule has 8 heteroatoms. The number of nitrogens with one attached hydrogen (secondary N) is 1. The molecule has 0 aliphatic carbocycles. The van der Waals surface area contributed by atoms with Gasteiger partial charge in [0.15, 0.2) is 11.6 Å². The van der Waals surface area contributed by atoms with Crippen molar-refractivity contribution >= 4 is 23.3 Å². The maximum atomic E-state index is 12.8. The highest BCUT2D eigenvalue weighted by molar-refractivity contribution is 6.34. The molecule has 0 spiro atoms. The molecular weight excluding hydrogens is 357 g/mol. The molecule has 128 valence electrons. The second-order valence-electron chi connectivity index (χ2n) is 5.09. The number of benzene rings is 2. The zero-order chi connectivity index (χ0) is 18.0. The molecule has 1 heterocycles. The van der Waals surface area contributed by atoms with Gasteiger partial charge in [-0.25, -0.2) is 0 Å². The zero-order valence-corrected chi connectivity index (χ0v) is 13.2. The lowest BCUT2D eigenvalue weighted by atomic mass is 10.1. The number of hydrogen-bond acceptors (Lipinski definition) is 3. The Balaban J connectivity index is 1.82. The third-order valence-electron chi connectivity index (χ3n) is 3.34. The van der Waals surface area contributed by atoms with Crippen LogP contribution in [0.2, 0.25) is 5.02 Å². The quantitative estimate of drug-likeness (QED) is 0.687. The number of nitrogens with zero attached hydrogens (tertiary/aromatic N) is 1. The van der Waals surface area contributed by atoms with E-state index < -0.39 is 17.6 Å². The van der Waals surface area contributed by atoms with Crippen molar-refractivity contribution in [3.05, 3.63) is 70.7 Å². The minimum atomic E-state index is -4.46. The summed E-state index contributed by atoms with van der Waals surface area (Å²) in [6.45, 7) is 0. The number of rotatable bonds is 3. The zero-order valence-electron chi connectivity index (χ0n) is 12.5. The van der Waals surface area contributed by atoms with Crippen LogP contribution < -0.4 is 5.32 Å². The smallest absolute Gasteiger partial charge is 0.354 e. The van der Waals surface area contributed by atoms with E-state index >= 15 is 0 Å². The van der Waals surface area contributed by atoms with Crippen molar-refractivity contribution in [3.63, 3.8) is 0 Å². The van der Waals surface area contributed by atoms with Crippen molar-refractivity contribution in [1.29, 1.82) is 0 Å². The Morgan fingerprint density at radius 1 is 1.08 bits per heavy atom. The van der Waals surface area contributed by atoms with Gasteiger partial charge in [-0.3, -0.25) is 4.79 Å². The average Bonchev–Trinajstić information content (AvgIpc) is 3.03. The summed E-state index contributed by atoms with van der Waals surface area (Å²) in [5.74, 6) is -0.340. The van der Waals surface area contributed by atoms with Crippen molar-refractivity contribution in [2.24, 2.45) is 0 Å². The number of carbonyl (C=O) groups excluding carboxylic acids is 1. The van der Waals surface area contributed by atoms with E-state index in [0.717, 1.165) is 12.1 Å². The average molecular weight is 367 g/mol. The number of alkyl halides is 3. The lowest BCUT2D eigenvalue weighted by Crippen LogP contribution is -2.12. The molecule has 25 heavy (non-hydrogen) atoms. The van der Waals surface area contributed by atoms with Gasteiger partial charge < -0.3 is 9.84 Å². The van der Waals surface area contributed by atoms with Gasteiger partial charge in [0, 0.05) is 11.6 Å². The summed E-state index contributed by atoms with van der Waals surface area (Å²) < 4.78 is 43.3. The first-order valence-corrected chi connectivity index (χ1v) is 7.42. The molecule has 3 aromatic rings. The summed E-state index contributed by atoms with van der Waals surface area (Å²) in [5.41, 5.74) is -0.364. The van der Waals surface area contributed by atoms with E-state index in [2.05, 4.69) is 10.5 Å². The maximum absolute atomic E-state index is 12.8. The van der Waals surface area contributed by atoms with Crippen LogP contribution in [0.25, 0.3) is 11.3 Å². The Labute approximate surface area is 145 Å². The first-order chi connectivity index (χ1) is 11.8. The van der Waals surface area contributed by atoms with Crippen LogP contribution in [0.15, 0.2) is 59.1 Å². The van der Waals surface area contributed by atoms with Crippen LogP contribution in [-0.4, -0.2) is 11.1 Å².